The highest BCUT2D eigenvalue weighted by Gasteiger charge is 2.44. The maximum absolute atomic E-state index is 9.30. The van der Waals surface area contributed by atoms with Crippen LogP contribution in [0, 0.1) is 17.2 Å². The van der Waals surface area contributed by atoms with E-state index >= 15 is 0 Å². The molecule has 0 spiro atoms. The van der Waals surface area contributed by atoms with Crippen LogP contribution in [0.3, 0.4) is 0 Å². The minimum atomic E-state index is -0.616. The minimum Gasteiger partial charge on any atom is -0.312 e. The number of rotatable bonds is 3. The summed E-state index contributed by atoms with van der Waals surface area (Å²) < 4.78 is 0. The van der Waals surface area contributed by atoms with Gasteiger partial charge in [0, 0.05) is 31.7 Å². The van der Waals surface area contributed by atoms with Crippen molar-refractivity contribution < 1.29 is 0 Å². The number of piperazine rings is 1. The van der Waals surface area contributed by atoms with Gasteiger partial charge in [-0.25, -0.2) is 0 Å². The lowest BCUT2D eigenvalue weighted by Gasteiger charge is -2.44. The molecule has 17 heavy (non-hydrogen) atoms. The van der Waals surface area contributed by atoms with E-state index in [2.05, 4.69) is 36.8 Å². The molecule has 4 nitrogen and oxygen atoms in total. The summed E-state index contributed by atoms with van der Waals surface area (Å²) in [6.07, 6.45) is 2.26. The van der Waals surface area contributed by atoms with Crippen molar-refractivity contribution in [2.45, 2.75) is 44.3 Å². The lowest BCUT2D eigenvalue weighted by molar-refractivity contribution is 0.0497. The van der Waals surface area contributed by atoms with Crippen LogP contribution in [-0.4, -0.2) is 54.1 Å². The molecule has 0 aromatic carbocycles. The summed E-state index contributed by atoms with van der Waals surface area (Å²) in [5.74, 6) is 0.428. The number of nitriles is 1. The summed E-state index contributed by atoms with van der Waals surface area (Å²) in [4.78, 5) is 4.77. The molecule has 2 fully saturated rings. The van der Waals surface area contributed by atoms with Gasteiger partial charge in [0.1, 0.15) is 5.54 Å². The average Bonchev–Trinajstić information content (AvgIpc) is 3.09. The zero-order valence-corrected chi connectivity index (χ0v) is 11.2. The van der Waals surface area contributed by atoms with Crippen LogP contribution in [0.5, 0.6) is 0 Å². The summed E-state index contributed by atoms with van der Waals surface area (Å²) in [6, 6.07) is 3.44. The summed E-state index contributed by atoms with van der Waals surface area (Å²) in [5, 5.41) is 9.30. The van der Waals surface area contributed by atoms with Crippen molar-refractivity contribution in [1.82, 2.24) is 9.80 Å². The van der Waals surface area contributed by atoms with Gasteiger partial charge in [-0.15, -0.1) is 0 Å². The third kappa shape index (κ3) is 2.62. The van der Waals surface area contributed by atoms with Gasteiger partial charge in [0.2, 0.25) is 0 Å². The summed E-state index contributed by atoms with van der Waals surface area (Å²) in [5.41, 5.74) is 5.63. The van der Waals surface area contributed by atoms with Crippen molar-refractivity contribution in [3.8, 4) is 6.07 Å². The Morgan fingerprint density at radius 1 is 1.29 bits per heavy atom. The molecule has 1 aliphatic heterocycles. The Balaban J connectivity index is 1.97. The van der Waals surface area contributed by atoms with Gasteiger partial charge in [0.05, 0.1) is 6.07 Å². The van der Waals surface area contributed by atoms with Crippen molar-refractivity contribution in [2.24, 2.45) is 11.7 Å². The van der Waals surface area contributed by atoms with Crippen LogP contribution in [0.1, 0.15) is 26.7 Å². The Bertz CT molecular complexity index is 308. The first-order chi connectivity index (χ1) is 7.96. The molecular formula is C13H24N4. The first kappa shape index (κ1) is 12.8. The van der Waals surface area contributed by atoms with E-state index in [-0.39, 0.29) is 0 Å². The standard InChI is InChI=1S/C13H24N4/c1-10-6-17(7-11(2)16(10)3)9-13(15,8-14)12-4-5-12/h10-12H,4-7,9,15H2,1-3H3. The molecule has 1 heterocycles. The van der Waals surface area contributed by atoms with E-state index in [1.807, 2.05) is 0 Å². The predicted octanol–water partition coefficient (Wildman–Crippen LogP) is 0.642. The van der Waals surface area contributed by atoms with Crippen LogP contribution in [-0.2, 0) is 0 Å². The fourth-order valence-electron chi connectivity index (χ4n) is 2.87. The highest BCUT2D eigenvalue weighted by molar-refractivity contribution is 5.15. The Labute approximate surface area is 104 Å². The zero-order valence-electron chi connectivity index (χ0n) is 11.2. The Morgan fingerprint density at radius 3 is 2.24 bits per heavy atom. The van der Waals surface area contributed by atoms with Crippen molar-refractivity contribution in [1.29, 1.82) is 5.26 Å². The van der Waals surface area contributed by atoms with Crippen LogP contribution in [0.2, 0.25) is 0 Å². The molecule has 2 rings (SSSR count). The third-order valence-corrected chi connectivity index (χ3v) is 4.43. The normalized spacial score (nSPS) is 35.2. The molecule has 2 N–H and O–H groups in total. The number of likely N-dealkylation sites (N-methyl/N-ethyl adjacent to an activating group) is 1. The van der Waals surface area contributed by atoms with Crippen LogP contribution < -0.4 is 5.73 Å². The van der Waals surface area contributed by atoms with Crippen molar-refractivity contribution in [3.05, 3.63) is 0 Å². The first-order valence-electron chi connectivity index (χ1n) is 6.60. The molecule has 3 atom stereocenters. The first-order valence-corrected chi connectivity index (χ1v) is 6.60. The lowest BCUT2D eigenvalue weighted by Crippen LogP contribution is -2.60. The van der Waals surface area contributed by atoms with Gasteiger partial charge in [0.25, 0.3) is 0 Å². The van der Waals surface area contributed by atoms with Crippen LogP contribution in [0.15, 0.2) is 0 Å². The summed E-state index contributed by atoms with van der Waals surface area (Å²) >= 11 is 0. The third-order valence-electron chi connectivity index (χ3n) is 4.43. The van der Waals surface area contributed by atoms with Gasteiger partial charge >= 0.3 is 0 Å². The second-order valence-electron chi connectivity index (χ2n) is 5.98. The molecule has 0 aromatic rings. The van der Waals surface area contributed by atoms with Gasteiger partial charge in [-0.2, -0.15) is 5.26 Å². The van der Waals surface area contributed by atoms with Crippen LogP contribution >= 0.6 is 0 Å². The van der Waals surface area contributed by atoms with Crippen molar-refractivity contribution in [2.75, 3.05) is 26.7 Å². The van der Waals surface area contributed by atoms with Gasteiger partial charge in [-0.1, -0.05) is 0 Å². The minimum absolute atomic E-state index is 0.428. The second kappa shape index (κ2) is 4.56. The smallest absolute Gasteiger partial charge is 0.119 e. The molecule has 0 aromatic heterocycles. The Morgan fingerprint density at radius 2 is 1.82 bits per heavy atom. The van der Waals surface area contributed by atoms with E-state index in [9.17, 15) is 5.26 Å². The molecule has 2 aliphatic rings. The largest absolute Gasteiger partial charge is 0.312 e. The highest BCUT2D eigenvalue weighted by Crippen LogP contribution is 2.38. The SMILES string of the molecule is CC1CN(CC(N)(C#N)C2CC2)CC(C)N1C. The fraction of sp³-hybridized carbons (Fsp3) is 0.923. The maximum atomic E-state index is 9.30. The molecule has 96 valence electrons. The lowest BCUT2D eigenvalue weighted by atomic mass is 9.94. The van der Waals surface area contributed by atoms with Gasteiger partial charge in [-0.3, -0.25) is 9.80 Å². The van der Waals surface area contributed by atoms with Crippen molar-refractivity contribution >= 4 is 0 Å². The summed E-state index contributed by atoms with van der Waals surface area (Å²) in [7, 11) is 2.17. The second-order valence-corrected chi connectivity index (χ2v) is 5.98. The van der Waals surface area contributed by atoms with Gasteiger partial charge in [0.15, 0.2) is 0 Å². The maximum Gasteiger partial charge on any atom is 0.119 e. The number of nitrogens with zero attached hydrogens (tertiary/aromatic N) is 3. The van der Waals surface area contributed by atoms with E-state index in [4.69, 9.17) is 5.73 Å². The number of nitrogens with two attached hydrogens (primary N) is 1. The summed E-state index contributed by atoms with van der Waals surface area (Å²) in [6.45, 7) is 7.26. The van der Waals surface area contributed by atoms with E-state index in [0.717, 1.165) is 32.5 Å². The Kier molecular flexibility index (Phi) is 3.44. The molecule has 1 saturated heterocycles. The topological polar surface area (TPSA) is 56.3 Å². The Hall–Kier alpha value is -0.630. The van der Waals surface area contributed by atoms with Crippen LogP contribution in [0.4, 0.5) is 0 Å². The zero-order chi connectivity index (χ0) is 12.6. The van der Waals surface area contributed by atoms with Gasteiger partial charge in [-0.05, 0) is 39.7 Å². The predicted molar refractivity (Wildman–Crippen MR) is 68.4 cm³/mol. The monoisotopic (exact) mass is 236 g/mol. The molecule has 1 aliphatic carbocycles. The molecular weight excluding hydrogens is 212 g/mol. The highest BCUT2D eigenvalue weighted by atomic mass is 15.3. The van der Waals surface area contributed by atoms with Gasteiger partial charge < -0.3 is 5.73 Å². The molecule has 0 bridgehead atoms. The molecule has 4 heteroatoms. The molecule has 0 amide bonds. The van der Waals surface area contributed by atoms with Crippen molar-refractivity contribution in [3.63, 3.8) is 0 Å². The molecule has 3 unspecified atom stereocenters. The molecule has 1 saturated carbocycles. The quantitative estimate of drug-likeness (QED) is 0.781. The fourth-order valence-corrected chi connectivity index (χ4v) is 2.87. The number of hydrogen-bond donors (Lipinski definition) is 1. The molecule has 0 radical (unpaired) electrons. The van der Waals surface area contributed by atoms with E-state index in [0.29, 0.717) is 18.0 Å². The van der Waals surface area contributed by atoms with Crippen LogP contribution in [0.25, 0.3) is 0 Å². The number of hydrogen-bond acceptors (Lipinski definition) is 4. The van der Waals surface area contributed by atoms with E-state index in [1.165, 1.54) is 0 Å². The van der Waals surface area contributed by atoms with E-state index < -0.39 is 5.54 Å². The van der Waals surface area contributed by atoms with E-state index in [1.54, 1.807) is 0 Å². The average molecular weight is 236 g/mol.